The van der Waals surface area contributed by atoms with Crippen LogP contribution in [0.4, 0.5) is 0 Å². The van der Waals surface area contributed by atoms with E-state index in [9.17, 15) is 4.79 Å². The Balaban J connectivity index is 0. The van der Waals surface area contributed by atoms with Gasteiger partial charge in [-0.15, -0.1) is 12.4 Å². The highest BCUT2D eigenvalue weighted by Gasteiger charge is 2.10. The van der Waals surface area contributed by atoms with Crippen molar-refractivity contribution in [3.63, 3.8) is 0 Å². The van der Waals surface area contributed by atoms with Crippen molar-refractivity contribution in [2.75, 3.05) is 6.54 Å². The molecule has 0 aromatic carbocycles. The lowest BCUT2D eigenvalue weighted by Crippen LogP contribution is -2.37. The van der Waals surface area contributed by atoms with Crippen LogP contribution in [0.5, 0.6) is 0 Å². The van der Waals surface area contributed by atoms with E-state index >= 15 is 0 Å². The van der Waals surface area contributed by atoms with Crippen molar-refractivity contribution in [2.24, 2.45) is 5.73 Å². The van der Waals surface area contributed by atoms with Crippen LogP contribution in [0.2, 0.25) is 0 Å². The third-order valence-corrected chi connectivity index (χ3v) is 0.919. The van der Waals surface area contributed by atoms with E-state index in [0.717, 1.165) is 0 Å². The second-order valence-corrected chi connectivity index (χ2v) is 2.04. The van der Waals surface area contributed by atoms with Crippen LogP contribution in [0.1, 0.15) is 13.8 Å². The summed E-state index contributed by atoms with van der Waals surface area (Å²) >= 11 is 0. The van der Waals surface area contributed by atoms with Crippen LogP contribution < -0.4 is 5.73 Å². The summed E-state index contributed by atoms with van der Waals surface area (Å²) < 4.78 is 0. The normalized spacial score (nSPS) is 8.90. The van der Waals surface area contributed by atoms with E-state index in [1.54, 1.807) is 13.8 Å². The predicted molar refractivity (Wildman–Crippen MR) is 40.1 cm³/mol. The first-order valence-corrected chi connectivity index (χ1v) is 2.80. The van der Waals surface area contributed by atoms with E-state index in [4.69, 9.17) is 10.9 Å². The SMILES string of the molecule is CC(C)N(O)C(=O)CN.Cl. The molecule has 62 valence electrons. The summed E-state index contributed by atoms with van der Waals surface area (Å²) in [6, 6.07) is -0.193. The molecule has 4 nitrogen and oxygen atoms in total. The van der Waals surface area contributed by atoms with Crippen molar-refractivity contribution < 1.29 is 10.0 Å². The van der Waals surface area contributed by atoms with Gasteiger partial charge in [0.2, 0.25) is 0 Å². The van der Waals surface area contributed by atoms with Gasteiger partial charge in [-0.05, 0) is 13.8 Å². The van der Waals surface area contributed by atoms with E-state index in [-0.39, 0.29) is 25.0 Å². The van der Waals surface area contributed by atoms with Crippen LogP contribution in [0.3, 0.4) is 0 Å². The monoisotopic (exact) mass is 168 g/mol. The van der Waals surface area contributed by atoms with Crippen LogP contribution in [-0.4, -0.2) is 28.8 Å². The summed E-state index contributed by atoms with van der Waals surface area (Å²) in [5.41, 5.74) is 4.96. The quantitative estimate of drug-likeness (QED) is 0.450. The standard InChI is InChI=1S/C5H12N2O2.ClH/c1-4(2)7(9)5(8)3-6;/h4,9H,3,6H2,1-2H3;1H. The van der Waals surface area contributed by atoms with Crippen LogP contribution in [-0.2, 0) is 4.79 Å². The fraction of sp³-hybridized carbons (Fsp3) is 0.800. The molecule has 5 heteroatoms. The maximum Gasteiger partial charge on any atom is 0.259 e. The van der Waals surface area contributed by atoms with Gasteiger partial charge in [-0.3, -0.25) is 10.0 Å². The average molecular weight is 169 g/mol. The van der Waals surface area contributed by atoms with Crippen molar-refractivity contribution in [1.82, 2.24) is 5.06 Å². The van der Waals surface area contributed by atoms with Crippen LogP contribution >= 0.6 is 12.4 Å². The van der Waals surface area contributed by atoms with Gasteiger partial charge in [0.25, 0.3) is 5.91 Å². The topological polar surface area (TPSA) is 66.6 Å². The van der Waals surface area contributed by atoms with Crippen molar-refractivity contribution in [3.05, 3.63) is 0 Å². The summed E-state index contributed by atoms with van der Waals surface area (Å²) in [6.07, 6.45) is 0. The zero-order valence-corrected chi connectivity index (χ0v) is 6.89. The molecule has 0 saturated heterocycles. The minimum Gasteiger partial charge on any atom is -0.322 e. The lowest BCUT2D eigenvalue weighted by Gasteiger charge is -2.17. The molecule has 0 aromatic heterocycles. The molecule has 0 aliphatic heterocycles. The van der Waals surface area contributed by atoms with Gasteiger partial charge in [0.1, 0.15) is 0 Å². The van der Waals surface area contributed by atoms with Crippen molar-refractivity contribution >= 4 is 18.3 Å². The number of carbonyl (C=O) groups excluding carboxylic acids is 1. The van der Waals surface area contributed by atoms with E-state index in [2.05, 4.69) is 0 Å². The maximum absolute atomic E-state index is 10.5. The minimum atomic E-state index is -0.454. The zero-order chi connectivity index (χ0) is 7.44. The van der Waals surface area contributed by atoms with Gasteiger partial charge >= 0.3 is 0 Å². The second-order valence-electron chi connectivity index (χ2n) is 2.04. The first kappa shape index (κ1) is 12.4. The molecule has 3 N–H and O–H groups in total. The molecule has 0 atom stereocenters. The van der Waals surface area contributed by atoms with Crippen molar-refractivity contribution in [3.8, 4) is 0 Å². The number of nitrogens with zero attached hydrogens (tertiary/aromatic N) is 1. The molecule has 0 radical (unpaired) electrons. The largest absolute Gasteiger partial charge is 0.322 e. The number of carbonyl (C=O) groups is 1. The first-order valence-electron chi connectivity index (χ1n) is 2.80. The minimum absolute atomic E-state index is 0. The molecule has 0 rings (SSSR count). The molecule has 0 fully saturated rings. The Morgan fingerprint density at radius 2 is 2.10 bits per heavy atom. The number of rotatable bonds is 2. The average Bonchev–Trinajstić information content (AvgIpc) is 1.84. The lowest BCUT2D eigenvalue weighted by atomic mass is 10.4. The molecule has 0 aliphatic carbocycles. The first-order chi connectivity index (χ1) is 4.09. The van der Waals surface area contributed by atoms with Crippen molar-refractivity contribution in [2.45, 2.75) is 19.9 Å². The molecule has 0 heterocycles. The van der Waals surface area contributed by atoms with Gasteiger partial charge in [0.05, 0.1) is 12.6 Å². The highest BCUT2D eigenvalue weighted by atomic mass is 35.5. The number of hydrogen-bond acceptors (Lipinski definition) is 3. The summed E-state index contributed by atoms with van der Waals surface area (Å²) in [4.78, 5) is 10.5. The number of hydrogen-bond donors (Lipinski definition) is 2. The Morgan fingerprint density at radius 3 is 2.20 bits per heavy atom. The van der Waals surface area contributed by atoms with Gasteiger partial charge in [0.15, 0.2) is 0 Å². The molecule has 0 aromatic rings. The highest BCUT2D eigenvalue weighted by Crippen LogP contribution is 1.91. The molecule has 10 heavy (non-hydrogen) atoms. The van der Waals surface area contributed by atoms with Gasteiger partial charge in [-0.25, -0.2) is 5.06 Å². The third-order valence-electron chi connectivity index (χ3n) is 0.919. The Bertz CT molecular complexity index is 108. The predicted octanol–water partition coefficient (Wildman–Crippen LogP) is -0.00690. The summed E-state index contributed by atoms with van der Waals surface area (Å²) in [7, 11) is 0. The fourth-order valence-corrected chi connectivity index (χ4v) is 0.382. The van der Waals surface area contributed by atoms with E-state index in [0.29, 0.717) is 5.06 Å². The molecule has 0 aliphatic rings. The Morgan fingerprint density at radius 1 is 1.70 bits per heavy atom. The molecule has 0 spiro atoms. The van der Waals surface area contributed by atoms with Crippen LogP contribution in [0.15, 0.2) is 0 Å². The Hall–Kier alpha value is -0.320. The van der Waals surface area contributed by atoms with Gasteiger partial charge < -0.3 is 5.73 Å². The summed E-state index contributed by atoms with van der Waals surface area (Å²) in [5.74, 6) is -0.454. The Labute approximate surface area is 66.4 Å². The van der Waals surface area contributed by atoms with E-state index < -0.39 is 5.91 Å². The fourth-order valence-electron chi connectivity index (χ4n) is 0.382. The Kier molecular flexibility index (Phi) is 6.76. The second kappa shape index (κ2) is 5.46. The molecule has 0 saturated carbocycles. The summed E-state index contributed by atoms with van der Waals surface area (Å²) in [5, 5.41) is 9.42. The highest BCUT2D eigenvalue weighted by molar-refractivity contribution is 5.85. The zero-order valence-electron chi connectivity index (χ0n) is 6.07. The lowest BCUT2D eigenvalue weighted by molar-refractivity contribution is -0.170. The molecular formula is C5H13ClN2O2. The molecule has 1 amide bonds. The van der Waals surface area contributed by atoms with Crippen LogP contribution in [0.25, 0.3) is 0 Å². The van der Waals surface area contributed by atoms with E-state index in [1.165, 1.54) is 0 Å². The van der Waals surface area contributed by atoms with Gasteiger partial charge in [0, 0.05) is 0 Å². The number of nitrogens with two attached hydrogens (primary N) is 1. The van der Waals surface area contributed by atoms with Crippen LogP contribution in [0, 0.1) is 0 Å². The van der Waals surface area contributed by atoms with Gasteiger partial charge in [-0.1, -0.05) is 0 Å². The molecular weight excluding hydrogens is 156 g/mol. The maximum atomic E-state index is 10.5. The van der Waals surface area contributed by atoms with Crippen molar-refractivity contribution in [1.29, 1.82) is 0 Å². The smallest absolute Gasteiger partial charge is 0.259 e. The number of amides is 1. The third kappa shape index (κ3) is 3.66. The number of hydroxylamine groups is 2. The summed E-state index contributed by atoms with van der Waals surface area (Å²) in [6.45, 7) is 3.26. The van der Waals surface area contributed by atoms with Gasteiger partial charge in [-0.2, -0.15) is 0 Å². The molecule has 0 bridgehead atoms. The number of halogens is 1. The van der Waals surface area contributed by atoms with E-state index in [1.807, 2.05) is 0 Å². The molecule has 0 unspecified atom stereocenters.